The molecule has 0 aromatic heterocycles. The van der Waals surface area contributed by atoms with Crippen LogP contribution in [0.25, 0.3) is 0 Å². The molecule has 0 aliphatic carbocycles. The topological polar surface area (TPSA) is 85.1 Å². The van der Waals surface area contributed by atoms with Crippen LogP contribution < -0.4 is 5.32 Å². The van der Waals surface area contributed by atoms with Gasteiger partial charge in [-0.05, 0) is 48.8 Å². The molecule has 1 aromatic carbocycles. The number of hydrogen-bond acceptors (Lipinski definition) is 4. The van der Waals surface area contributed by atoms with E-state index >= 15 is 0 Å². The Kier molecular flexibility index (Phi) is 7.11. The van der Waals surface area contributed by atoms with E-state index in [0.717, 1.165) is 15.9 Å². The summed E-state index contributed by atoms with van der Waals surface area (Å²) in [6.07, 6.45) is 1.44. The molecule has 0 bridgehead atoms. The number of aliphatic imine (C=N–C) groups is 1. The molecule has 31 heavy (non-hydrogen) atoms. The van der Waals surface area contributed by atoms with Crippen LogP contribution in [0.3, 0.4) is 0 Å². The number of amides is 4. The molecule has 0 spiro atoms. The van der Waals surface area contributed by atoms with E-state index in [4.69, 9.17) is 11.6 Å². The first kappa shape index (κ1) is 23.0. The number of carbonyl (C=O) groups excluding carboxylic acids is 3. The third-order valence-electron chi connectivity index (χ3n) is 4.75. The molecule has 2 aliphatic rings. The Morgan fingerprint density at radius 1 is 1.35 bits per heavy atom. The van der Waals surface area contributed by atoms with E-state index in [1.165, 1.54) is 30.0 Å². The fourth-order valence-electron chi connectivity index (χ4n) is 3.19. The normalized spacial score (nSPS) is 18.1. The summed E-state index contributed by atoms with van der Waals surface area (Å²) in [6.45, 7) is 8.45. The van der Waals surface area contributed by atoms with Gasteiger partial charge in [0.2, 0.25) is 5.91 Å². The van der Waals surface area contributed by atoms with Crippen molar-refractivity contribution in [1.29, 1.82) is 0 Å². The maximum absolute atomic E-state index is 14.0. The largest absolute Gasteiger partial charge is 0.357 e. The number of fused-ring (bicyclic) bond motifs is 1. The number of urea groups is 1. The summed E-state index contributed by atoms with van der Waals surface area (Å²) >= 11 is 6.98. The summed E-state index contributed by atoms with van der Waals surface area (Å²) in [5, 5.41) is 2.49. The van der Waals surface area contributed by atoms with Crippen molar-refractivity contribution in [2.24, 2.45) is 4.99 Å². The molecular formula is C20H22ClFN5O3S+. The number of nitrogens with one attached hydrogen (secondary N) is 1. The highest BCUT2D eigenvalue weighted by Crippen LogP contribution is 2.31. The fraction of sp³-hybridized carbons (Fsp3) is 0.350. The van der Waals surface area contributed by atoms with Gasteiger partial charge in [0.1, 0.15) is 12.4 Å². The molecule has 8 nitrogen and oxygen atoms in total. The lowest BCUT2D eigenvalue weighted by atomic mass is 10.2. The van der Waals surface area contributed by atoms with Gasteiger partial charge in [0.15, 0.2) is 5.25 Å². The lowest BCUT2D eigenvalue weighted by molar-refractivity contribution is -0.518. The second-order valence-electron chi connectivity index (χ2n) is 6.70. The molecule has 1 aromatic rings. The third-order valence-corrected chi connectivity index (χ3v) is 6.19. The number of carbonyl (C=O) groups is 3. The highest BCUT2D eigenvalue weighted by atomic mass is 35.5. The van der Waals surface area contributed by atoms with Crippen LogP contribution in [-0.2, 0) is 9.59 Å². The van der Waals surface area contributed by atoms with Crippen LogP contribution in [0.4, 0.5) is 14.9 Å². The maximum Gasteiger partial charge on any atom is 0.357 e. The number of amidine groups is 2. The standard InChI is InChI=1S/C20H21ClFN5O3S/c1-4-9-26-18(29)16-17(24-19(31-16)25(5-2)6-3)27(20(26)30)11-15(28)23-14-8-7-12(21)10-13(14)22/h4,7-8,10,16H,1,5-6,9,11H2,2-3H3/p+1. The first-order valence-electron chi connectivity index (χ1n) is 9.66. The zero-order chi connectivity index (χ0) is 22.7. The number of hydrogen-bond donors (Lipinski definition) is 1. The van der Waals surface area contributed by atoms with Crippen LogP contribution in [0, 0.1) is 5.82 Å². The Morgan fingerprint density at radius 3 is 2.68 bits per heavy atom. The van der Waals surface area contributed by atoms with E-state index in [2.05, 4.69) is 16.9 Å². The van der Waals surface area contributed by atoms with Gasteiger partial charge >= 0.3 is 11.2 Å². The quantitative estimate of drug-likeness (QED) is 0.494. The molecule has 1 fully saturated rings. The van der Waals surface area contributed by atoms with Crippen LogP contribution in [0.1, 0.15) is 13.8 Å². The van der Waals surface area contributed by atoms with Gasteiger partial charge in [-0.25, -0.2) is 14.1 Å². The van der Waals surface area contributed by atoms with Crippen molar-refractivity contribution >= 4 is 57.9 Å². The first-order chi connectivity index (χ1) is 14.8. The Balaban J connectivity index is 1.91. The fourth-order valence-corrected chi connectivity index (χ4v) is 4.63. The molecule has 0 saturated carbocycles. The lowest BCUT2D eigenvalue weighted by Gasteiger charge is -2.33. The molecule has 1 unspecified atom stereocenters. The summed E-state index contributed by atoms with van der Waals surface area (Å²) in [4.78, 5) is 45.2. The maximum atomic E-state index is 14.0. The average Bonchev–Trinajstić information content (AvgIpc) is 3.17. The lowest BCUT2D eigenvalue weighted by Crippen LogP contribution is -2.61. The number of nitrogens with zero attached hydrogens (tertiary/aromatic N) is 4. The van der Waals surface area contributed by atoms with E-state index in [9.17, 15) is 18.8 Å². The third kappa shape index (κ3) is 4.64. The Bertz CT molecular complexity index is 1010. The van der Waals surface area contributed by atoms with Crippen molar-refractivity contribution < 1.29 is 23.3 Å². The number of benzene rings is 1. The van der Waals surface area contributed by atoms with E-state index in [0.29, 0.717) is 18.3 Å². The predicted molar refractivity (Wildman–Crippen MR) is 119 cm³/mol. The molecule has 4 amide bonds. The molecule has 1 atom stereocenters. The van der Waals surface area contributed by atoms with Crippen LogP contribution in [-0.4, -0.2) is 74.7 Å². The zero-order valence-corrected chi connectivity index (χ0v) is 18.7. The number of thioether (sulfide) groups is 1. The Morgan fingerprint density at radius 2 is 2.06 bits per heavy atom. The van der Waals surface area contributed by atoms with Gasteiger partial charge in [0, 0.05) is 11.6 Å². The predicted octanol–water partition coefficient (Wildman–Crippen LogP) is 2.79. The molecular weight excluding hydrogens is 445 g/mol. The van der Waals surface area contributed by atoms with Gasteiger partial charge < -0.3 is 5.32 Å². The molecule has 164 valence electrons. The number of anilines is 1. The monoisotopic (exact) mass is 466 g/mol. The summed E-state index contributed by atoms with van der Waals surface area (Å²) < 4.78 is 16.0. The summed E-state index contributed by atoms with van der Waals surface area (Å²) in [5.74, 6) is -1.53. The second-order valence-corrected chi connectivity index (χ2v) is 8.21. The van der Waals surface area contributed by atoms with Gasteiger partial charge in [0.05, 0.1) is 18.8 Å². The van der Waals surface area contributed by atoms with Gasteiger partial charge in [-0.2, -0.15) is 0 Å². The van der Waals surface area contributed by atoms with Crippen molar-refractivity contribution in [3.8, 4) is 0 Å². The summed E-state index contributed by atoms with van der Waals surface area (Å²) in [7, 11) is 0. The van der Waals surface area contributed by atoms with Crippen LogP contribution >= 0.6 is 23.4 Å². The molecule has 1 saturated heterocycles. The number of halogens is 2. The van der Waals surface area contributed by atoms with E-state index in [-0.39, 0.29) is 23.1 Å². The van der Waals surface area contributed by atoms with Crippen molar-refractivity contribution in [1.82, 2.24) is 9.80 Å². The van der Waals surface area contributed by atoms with Gasteiger partial charge in [-0.15, -0.1) is 6.58 Å². The van der Waals surface area contributed by atoms with Crippen LogP contribution in [0.2, 0.25) is 5.02 Å². The first-order valence-corrected chi connectivity index (χ1v) is 10.9. The molecule has 3 rings (SSSR count). The minimum Gasteiger partial charge on any atom is -0.322 e. The molecule has 0 radical (unpaired) electrons. The smallest absolute Gasteiger partial charge is 0.322 e. The van der Waals surface area contributed by atoms with Gasteiger partial charge in [-0.1, -0.05) is 17.7 Å². The Labute approximate surface area is 188 Å². The molecule has 1 N–H and O–H groups in total. The highest BCUT2D eigenvalue weighted by Gasteiger charge is 2.53. The van der Waals surface area contributed by atoms with E-state index in [1.807, 2.05) is 18.4 Å². The van der Waals surface area contributed by atoms with Gasteiger partial charge in [-0.3, -0.25) is 19.1 Å². The number of rotatable bonds is 7. The van der Waals surface area contributed by atoms with Gasteiger partial charge in [0.25, 0.3) is 11.7 Å². The minimum atomic E-state index is -0.742. The summed E-state index contributed by atoms with van der Waals surface area (Å²) in [6, 6.07) is 3.18. The number of imide groups is 1. The van der Waals surface area contributed by atoms with Crippen LogP contribution in [0.5, 0.6) is 0 Å². The highest BCUT2D eigenvalue weighted by molar-refractivity contribution is 8.15. The average molecular weight is 467 g/mol. The van der Waals surface area contributed by atoms with Crippen molar-refractivity contribution in [2.75, 3.05) is 31.5 Å². The Hall–Kier alpha value is -2.72. The van der Waals surface area contributed by atoms with E-state index in [1.54, 1.807) is 0 Å². The SMILES string of the molecule is C=CCN1C(=O)C2SC(=[N+](CC)CC)N=C2N(CC(=O)Nc2ccc(Cl)cc2F)C1=O. The molecule has 2 aliphatic heterocycles. The summed E-state index contributed by atoms with van der Waals surface area (Å²) in [5.41, 5.74) is -0.0624. The molecule has 11 heteroatoms. The minimum absolute atomic E-state index is 0.00649. The zero-order valence-electron chi connectivity index (χ0n) is 17.1. The van der Waals surface area contributed by atoms with Crippen molar-refractivity contribution in [3.63, 3.8) is 0 Å². The van der Waals surface area contributed by atoms with Crippen LogP contribution in [0.15, 0.2) is 35.8 Å². The second kappa shape index (κ2) is 9.61. The van der Waals surface area contributed by atoms with E-state index < -0.39 is 35.5 Å². The van der Waals surface area contributed by atoms with Crippen molar-refractivity contribution in [2.45, 2.75) is 19.1 Å². The van der Waals surface area contributed by atoms with Crippen molar-refractivity contribution in [3.05, 3.63) is 41.7 Å². The molecule has 2 heterocycles.